The SMILES string of the molecule is CC(CCl)NS(=O)(=O)c1cn(C)cn1. The van der Waals surface area contributed by atoms with E-state index in [9.17, 15) is 8.42 Å². The van der Waals surface area contributed by atoms with E-state index in [1.807, 2.05) is 0 Å². The number of nitrogens with zero attached hydrogens (tertiary/aromatic N) is 2. The van der Waals surface area contributed by atoms with Crippen molar-refractivity contribution in [3.63, 3.8) is 0 Å². The number of hydrogen-bond acceptors (Lipinski definition) is 3. The van der Waals surface area contributed by atoms with Gasteiger partial charge in [-0.05, 0) is 6.92 Å². The van der Waals surface area contributed by atoms with Gasteiger partial charge in [-0.2, -0.15) is 0 Å². The van der Waals surface area contributed by atoms with Gasteiger partial charge in [0.2, 0.25) is 0 Å². The molecule has 0 aliphatic heterocycles. The highest BCUT2D eigenvalue weighted by molar-refractivity contribution is 7.89. The highest BCUT2D eigenvalue weighted by Crippen LogP contribution is 2.05. The lowest BCUT2D eigenvalue weighted by Crippen LogP contribution is -2.33. The quantitative estimate of drug-likeness (QED) is 0.768. The summed E-state index contributed by atoms with van der Waals surface area (Å²) in [6, 6.07) is -0.302. The standard InChI is InChI=1S/C7H12ClN3O2S/c1-6(3-8)10-14(12,13)7-4-11(2)5-9-7/h4-6,10H,3H2,1-2H3. The van der Waals surface area contributed by atoms with Crippen molar-refractivity contribution in [2.45, 2.75) is 18.0 Å². The molecule has 1 atom stereocenters. The van der Waals surface area contributed by atoms with Crippen molar-refractivity contribution in [1.82, 2.24) is 14.3 Å². The van der Waals surface area contributed by atoms with Crippen molar-refractivity contribution in [1.29, 1.82) is 0 Å². The summed E-state index contributed by atoms with van der Waals surface area (Å²) >= 11 is 5.50. The number of aromatic nitrogens is 2. The number of halogens is 1. The normalized spacial score (nSPS) is 14.2. The summed E-state index contributed by atoms with van der Waals surface area (Å²) in [6.45, 7) is 1.69. The van der Waals surface area contributed by atoms with E-state index in [4.69, 9.17) is 11.6 Å². The smallest absolute Gasteiger partial charge is 0.259 e. The minimum atomic E-state index is -3.52. The first-order valence-electron chi connectivity index (χ1n) is 4.02. The molecule has 7 heteroatoms. The van der Waals surface area contributed by atoms with Crippen LogP contribution in [0.3, 0.4) is 0 Å². The maximum Gasteiger partial charge on any atom is 0.259 e. The van der Waals surface area contributed by atoms with Crippen LogP contribution in [-0.2, 0) is 17.1 Å². The molecule has 1 aromatic heterocycles. The van der Waals surface area contributed by atoms with Crippen molar-refractivity contribution in [2.24, 2.45) is 7.05 Å². The first-order chi connectivity index (χ1) is 6.45. The highest BCUT2D eigenvalue weighted by Gasteiger charge is 2.18. The number of nitrogens with one attached hydrogen (secondary N) is 1. The van der Waals surface area contributed by atoms with E-state index in [-0.39, 0.29) is 16.9 Å². The Hall–Kier alpha value is -0.590. The van der Waals surface area contributed by atoms with E-state index >= 15 is 0 Å². The summed E-state index contributed by atoms with van der Waals surface area (Å²) in [5.74, 6) is 0.228. The number of aryl methyl sites for hydroxylation is 1. The molecule has 0 saturated heterocycles. The molecule has 5 nitrogen and oxygen atoms in total. The summed E-state index contributed by atoms with van der Waals surface area (Å²) < 4.78 is 27.1. The number of rotatable bonds is 4. The monoisotopic (exact) mass is 237 g/mol. The van der Waals surface area contributed by atoms with E-state index in [1.54, 1.807) is 18.5 Å². The van der Waals surface area contributed by atoms with Gasteiger partial charge in [0.05, 0.1) is 6.33 Å². The largest absolute Gasteiger partial charge is 0.339 e. The van der Waals surface area contributed by atoms with Gasteiger partial charge in [0.1, 0.15) is 0 Å². The second kappa shape index (κ2) is 4.29. The average Bonchev–Trinajstić information content (AvgIpc) is 2.51. The fourth-order valence-electron chi connectivity index (χ4n) is 0.884. The van der Waals surface area contributed by atoms with E-state index in [0.29, 0.717) is 0 Å². The van der Waals surface area contributed by atoms with Gasteiger partial charge in [0.25, 0.3) is 10.0 Å². The van der Waals surface area contributed by atoms with Gasteiger partial charge < -0.3 is 4.57 Å². The van der Waals surface area contributed by atoms with Gasteiger partial charge in [-0.25, -0.2) is 18.1 Å². The topological polar surface area (TPSA) is 64.0 Å². The van der Waals surface area contributed by atoms with Crippen LogP contribution in [0.5, 0.6) is 0 Å². The number of alkyl halides is 1. The molecular formula is C7H12ClN3O2S. The van der Waals surface area contributed by atoms with Gasteiger partial charge >= 0.3 is 0 Å². The Morgan fingerprint density at radius 3 is 2.79 bits per heavy atom. The number of sulfonamides is 1. The van der Waals surface area contributed by atoms with Crippen LogP contribution in [0, 0.1) is 0 Å². The average molecular weight is 238 g/mol. The Bertz CT molecular complexity index is 401. The lowest BCUT2D eigenvalue weighted by Gasteiger charge is -2.08. The molecule has 14 heavy (non-hydrogen) atoms. The Labute approximate surface area is 88.1 Å². The summed E-state index contributed by atoms with van der Waals surface area (Å²) in [6.07, 6.45) is 2.86. The molecular weight excluding hydrogens is 226 g/mol. The zero-order chi connectivity index (χ0) is 10.8. The number of imidazole rings is 1. The maximum atomic E-state index is 11.6. The summed E-state index contributed by atoms with van der Waals surface area (Å²) in [7, 11) is -1.81. The Morgan fingerprint density at radius 1 is 1.71 bits per heavy atom. The second-order valence-electron chi connectivity index (χ2n) is 3.05. The van der Waals surface area contributed by atoms with Crippen molar-refractivity contribution in [3.8, 4) is 0 Å². The molecule has 1 rings (SSSR count). The molecule has 1 unspecified atom stereocenters. The van der Waals surface area contributed by atoms with E-state index in [2.05, 4.69) is 9.71 Å². The maximum absolute atomic E-state index is 11.6. The Balaban J connectivity index is 2.86. The zero-order valence-corrected chi connectivity index (χ0v) is 9.51. The van der Waals surface area contributed by atoms with Crippen molar-refractivity contribution >= 4 is 21.6 Å². The predicted octanol–water partition coefficient (Wildman–Crippen LogP) is 0.326. The van der Waals surface area contributed by atoms with Gasteiger partial charge in [-0.3, -0.25) is 0 Å². The van der Waals surface area contributed by atoms with Crippen LogP contribution in [-0.4, -0.2) is 29.9 Å². The molecule has 0 aromatic carbocycles. The number of hydrogen-bond donors (Lipinski definition) is 1. The minimum Gasteiger partial charge on any atom is -0.339 e. The van der Waals surface area contributed by atoms with E-state index in [1.165, 1.54) is 12.5 Å². The van der Waals surface area contributed by atoms with Crippen molar-refractivity contribution < 1.29 is 8.42 Å². The molecule has 80 valence electrons. The summed E-state index contributed by atoms with van der Waals surface area (Å²) in [4.78, 5) is 3.74. The molecule has 1 aromatic rings. The molecule has 0 saturated carbocycles. The van der Waals surface area contributed by atoms with Crippen LogP contribution in [0.1, 0.15) is 6.92 Å². The van der Waals surface area contributed by atoms with Crippen LogP contribution in [0.4, 0.5) is 0 Å². The first-order valence-corrected chi connectivity index (χ1v) is 6.03. The fourth-order valence-corrected chi connectivity index (χ4v) is 2.28. The zero-order valence-electron chi connectivity index (χ0n) is 7.94. The lowest BCUT2D eigenvalue weighted by molar-refractivity contribution is 0.567. The van der Waals surface area contributed by atoms with E-state index < -0.39 is 10.0 Å². The van der Waals surface area contributed by atoms with Crippen LogP contribution < -0.4 is 4.72 Å². The molecule has 0 bridgehead atoms. The van der Waals surface area contributed by atoms with Crippen molar-refractivity contribution in [3.05, 3.63) is 12.5 Å². The highest BCUT2D eigenvalue weighted by atomic mass is 35.5. The van der Waals surface area contributed by atoms with Crippen LogP contribution >= 0.6 is 11.6 Å². The summed E-state index contributed by atoms with van der Waals surface area (Å²) in [5.41, 5.74) is 0. The van der Waals surface area contributed by atoms with Crippen molar-refractivity contribution in [2.75, 3.05) is 5.88 Å². The van der Waals surface area contributed by atoms with Gasteiger partial charge in [-0.15, -0.1) is 11.6 Å². The van der Waals surface area contributed by atoms with Gasteiger partial charge in [0.15, 0.2) is 5.03 Å². The molecule has 0 spiro atoms. The van der Waals surface area contributed by atoms with E-state index in [0.717, 1.165) is 0 Å². The lowest BCUT2D eigenvalue weighted by atomic mass is 10.4. The van der Waals surface area contributed by atoms with Gasteiger partial charge in [0, 0.05) is 25.2 Å². The first kappa shape index (κ1) is 11.5. The summed E-state index contributed by atoms with van der Waals surface area (Å²) in [5, 5.41) is 0.0111. The third-order valence-corrected chi connectivity index (χ3v) is 3.48. The van der Waals surface area contributed by atoms with Crippen LogP contribution in [0.25, 0.3) is 0 Å². The van der Waals surface area contributed by atoms with Gasteiger partial charge in [-0.1, -0.05) is 0 Å². The molecule has 0 fully saturated rings. The molecule has 1 heterocycles. The minimum absolute atomic E-state index is 0.0111. The third-order valence-electron chi connectivity index (χ3n) is 1.54. The predicted molar refractivity (Wildman–Crippen MR) is 53.7 cm³/mol. The molecule has 0 amide bonds. The molecule has 1 N–H and O–H groups in total. The molecule has 0 aliphatic rings. The fraction of sp³-hybridized carbons (Fsp3) is 0.571. The van der Waals surface area contributed by atoms with Crippen LogP contribution in [0.15, 0.2) is 17.6 Å². The Morgan fingerprint density at radius 2 is 2.36 bits per heavy atom. The second-order valence-corrected chi connectivity index (χ2v) is 5.02. The molecule has 0 aliphatic carbocycles. The van der Waals surface area contributed by atoms with Crippen LogP contribution in [0.2, 0.25) is 0 Å². The molecule has 0 radical (unpaired) electrons. The Kier molecular flexibility index (Phi) is 3.52. The third kappa shape index (κ3) is 2.70.